The molecule has 0 aliphatic carbocycles. The average Bonchev–Trinajstić information content (AvgIpc) is 3.30. The summed E-state index contributed by atoms with van der Waals surface area (Å²) >= 11 is 1.25. The highest BCUT2D eigenvalue weighted by Crippen LogP contribution is 2.36. The maximum atomic E-state index is 11.8. The van der Waals surface area contributed by atoms with E-state index in [2.05, 4.69) is 20.3 Å². The molecule has 0 fully saturated rings. The number of azo groups is 1. The summed E-state index contributed by atoms with van der Waals surface area (Å²) in [6, 6.07) is 7.83. The average molecular weight is 525 g/mol. The first-order valence-corrected chi connectivity index (χ1v) is 12.9. The molecule has 0 unspecified atom stereocenters. The predicted molar refractivity (Wildman–Crippen MR) is 123 cm³/mol. The molecule has 2 aromatic carbocycles. The van der Waals surface area contributed by atoms with Gasteiger partial charge in [-0.15, -0.1) is 10.2 Å². The number of nitrogens with zero attached hydrogens (tertiary/aromatic N) is 5. The first-order chi connectivity index (χ1) is 15.9. The van der Waals surface area contributed by atoms with Gasteiger partial charge in [0.25, 0.3) is 20.2 Å². The maximum absolute atomic E-state index is 11.8. The summed E-state index contributed by atoms with van der Waals surface area (Å²) in [5, 5.41) is 12.6. The number of fused-ring (bicyclic) bond motifs is 1. The summed E-state index contributed by atoms with van der Waals surface area (Å²) in [5.74, 6) is 0.368. The number of ether oxygens (including phenoxy) is 1. The van der Waals surface area contributed by atoms with E-state index in [0.717, 1.165) is 27.6 Å². The molecule has 0 aliphatic rings. The van der Waals surface area contributed by atoms with Gasteiger partial charge in [0.15, 0.2) is 11.5 Å². The standard InChI is InChI=1S/C18H16N6O7S3/c1-9-15(21-22-18-20-16-12(31-2)4-3-5-13(16)32-18)17(19)24(23-9)11-8-10(33(25,26)27)6-7-14(11)34(28,29)30/h3-8H,19H2,1-2H3,(H,25,26,27)(H,28,29,30). The number of rotatable bonds is 6. The summed E-state index contributed by atoms with van der Waals surface area (Å²) in [4.78, 5) is 3.05. The number of aromatic nitrogens is 3. The summed E-state index contributed by atoms with van der Waals surface area (Å²) in [6.45, 7) is 1.52. The number of anilines is 1. The zero-order valence-corrected chi connectivity index (χ0v) is 19.9. The summed E-state index contributed by atoms with van der Waals surface area (Å²) in [5.41, 5.74) is 6.58. The van der Waals surface area contributed by atoms with Gasteiger partial charge in [0.05, 0.1) is 28.1 Å². The molecule has 16 heteroatoms. The number of thiazole rings is 1. The van der Waals surface area contributed by atoms with Crippen molar-refractivity contribution in [3.63, 3.8) is 0 Å². The van der Waals surface area contributed by atoms with Gasteiger partial charge in [-0.05, 0) is 37.3 Å². The summed E-state index contributed by atoms with van der Waals surface area (Å²) in [7, 11) is -7.98. The highest BCUT2D eigenvalue weighted by molar-refractivity contribution is 7.86. The van der Waals surface area contributed by atoms with Crippen LogP contribution in [0.2, 0.25) is 0 Å². The van der Waals surface area contributed by atoms with Crippen LogP contribution in [0.4, 0.5) is 16.6 Å². The van der Waals surface area contributed by atoms with Gasteiger partial charge in [-0.2, -0.15) is 21.9 Å². The van der Waals surface area contributed by atoms with Crippen molar-refractivity contribution in [2.45, 2.75) is 16.7 Å². The lowest BCUT2D eigenvalue weighted by Crippen LogP contribution is -2.11. The molecule has 0 radical (unpaired) electrons. The number of nitrogens with two attached hydrogens (primary N) is 1. The van der Waals surface area contributed by atoms with Gasteiger partial charge in [-0.1, -0.05) is 17.4 Å². The van der Waals surface area contributed by atoms with Gasteiger partial charge in [0.2, 0.25) is 5.13 Å². The van der Waals surface area contributed by atoms with Crippen molar-refractivity contribution in [3.05, 3.63) is 42.1 Å². The minimum Gasteiger partial charge on any atom is -0.494 e. The van der Waals surface area contributed by atoms with E-state index < -0.39 is 35.7 Å². The van der Waals surface area contributed by atoms with E-state index in [1.807, 2.05) is 6.07 Å². The minimum atomic E-state index is -4.81. The van der Waals surface area contributed by atoms with E-state index in [1.165, 1.54) is 25.4 Å². The van der Waals surface area contributed by atoms with Crippen LogP contribution in [-0.4, -0.2) is 47.8 Å². The number of aryl methyl sites for hydroxylation is 1. The van der Waals surface area contributed by atoms with Crippen molar-refractivity contribution in [1.82, 2.24) is 14.8 Å². The molecule has 0 bridgehead atoms. The lowest BCUT2D eigenvalue weighted by molar-refractivity contribution is 0.419. The van der Waals surface area contributed by atoms with Crippen LogP contribution in [0.3, 0.4) is 0 Å². The third kappa shape index (κ3) is 4.36. The molecule has 4 N–H and O–H groups in total. The van der Waals surface area contributed by atoms with Crippen LogP contribution in [-0.2, 0) is 20.2 Å². The Labute approximate surface area is 197 Å². The highest BCUT2D eigenvalue weighted by atomic mass is 32.2. The van der Waals surface area contributed by atoms with E-state index in [1.54, 1.807) is 12.1 Å². The summed E-state index contributed by atoms with van der Waals surface area (Å²) < 4.78 is 72.7. The topological polar surface area (TPSA) is 199 Å². The normalized spacial score (nSPS) is 12.6. The van der Waals surface area contributed by atoms with Crippen molar-refractivity contribution >= 4 is 58.4 Å². The second-order valence-corrected chi connectivity index (χ2v) is 10.6. The van der Waals surface area contributed by atoms with Crippen LogP contribution in [0.25, 0.3) is 15.9 Å². The fourth-order valence-corrected chi connectivity index (χ4v) is 5.05. The number of para-hydroxylation sites is 1. The predicted octanol–water partition coefficient (Wildman–Crippen LogP) is 3.29. The Morgan fingerprint density at radius 1 is 1.09 bits per heavy atom. The van der Waals surface area contributed by atoms with Gasteiger partial charge >= 0.3 is 0 Å². The molecule has 4 rings (SSSR count). The van der Waals surface area contributed by atoms with E-state index in [9.17, 15) is 25.9 Å². The van der Waals surface area contributed by atoms with Crippen molar-refractivity contribution in [2.75, 3.05) is 12.8 Å². The van der Waals surface area contributed by atoms with Gasteiger partial charge in [0.1, 0.15) is 16.2 Å². The molecule has 0 aliphatic heterocycles. The Bertz CT molecular complexity index is 1670. The van der Waals surface area contributed by atoms with E-state index in [0.29, 0.717) is 11.3 Å². The minimum absolute atomic E-state index is 0.0600. The molecule has 13 nitrogen and oxygen atoms in total. The maximum Gasteiger partial charge on any atom is 0.296 e. The van der Waals surface area contributed by atoms with Gasteiger partial charge in [-0.25, -0.2) is 9.67 Å². The van der Waals surface area contributed by atoms with Gasteiger partial charge < -0.3 is 10.5 Å². The van der Waals surface area contributed by atoms with E-state index in [4.69, 9.17) is 10.5 Å². The molecule has 0 saturated heterocycles. The molecule has 2 heterocycles. The summed E-state index contributed by atoms with van der Waals surface area (Å²) in [6.07, 6.45) is 0. The van der Waals surface area contributed by atoms with Crippen LogP contribution in [0.5, 0.6) is 5.75 Å². The van der Waals surface area contributed by atoms with E-state index in [-0.39, 0.29) is 22.3 Å². The Balaban J connectivity index is 1.82. The Morgan fingerprint density at radius 3 is 2.47 bits per heavy atom. The van der Waals surface area contributed by atoms with Crippen LogP contribution in [0.15, 0.2) is 56.4 Å². The fraction of sp³-hybridized carbons (Fsp3) is 0.111. The van der Waals surface area contributed by atoms with Crippen LogP contribution in [0.1, 0.15) is 5.69 Å². The highest BCUT2D eigenvalue weighted by Gasteiger charge is 2.24. The molecular weight excluding hydrogens is 508 g/mol. The van der Waals surface area contributed by atoms with Gasteiger partial charge in [0, 0.05) is 0 Å². The largest absolute Gasteiger partial charge is 0.494 e. The third-order valence-electron chi connectivity index (χ3n) is 4.62. The monoisotopic (exact) mass is 524 g/mol. The molecule has 4 aromatic rings. The number of hydrogen-bond acceptors (Lipinski definition) is 11. The first kappa shape index (κ1) is 23.7. The molecule has 178 valence electrons. The molecular formula is C18H16N6O7S3. The second kappa shape index (κ2) is 8.41. The lowest BCUT2D eigenvalue weighted by Gasteiger charge is -2.10. The Morgan fingerprint density at radius 2 is 1.82 bits per heavy atom. The quantitative estimate of drug-likeness (QED) is 0.248. The van der Waals surface area contributed by atoms with Crippen molar-refractivity contribution in [3.8, 4) is 11.4 Å². The third-order valence-corrected chi connectivity index (χ3v) is 7.28. The van der Waals surface area contributed by atoms with Crippen LogP contribution in [0, 0.1) is 6.92 Å². The molecule has 0 saturated carbocycles. The van der Waals surface area contributed by atoms with Crippen LogP contribution >= 0.6 is 11.3 Å². The molecule has 0 atom stereocenters. The molecule has 0 spiro atoms. The molecule has 34 heavy (non-hydrogen) atoms. The lowest BCUT2D eigenvalue weighted by atomic mass is 10.3. The zero-order valence-electron chi connectivity index (χ0n) is 17.4. The Kier molecular flexibility index (Phi) is 5.86. The smallest absolute Gasteiger partial charge is 0.296 e. The fourth-order valence-electron chi connectivity index (χ4n) is 3.10. The van der Waals surface area contributed by atoms with Crippen LogP contribution < -0.4 is 10.5 Å². The molecule has 0 amide bonds. The number of methoxy groups -OCH3 is 1. The molecule has 2 aromatic heterocycles. The number of hydrogen-bond donors (Lipinski definition) is 3. The second-order valence-electron chi connectivity index (χ2n) is 6.81. The van der Waals surface area contributed by atoms with Crippen molar-refractivity contribution < 1.29 is 30.7 Å². The number of nitrogen functional groups attached to an aromatic ring is 1. The van der Waals surface area contributed by atoms with Crippen molar-refractivity contribution in [2.24, 2.45) is 10.2 Å². The van der Waals surface area contributed by atoms with Gasteiger partial charge in [-0.3, -0.25) is 9.11 Å². The number of benzene rings is 2. The first-order valence-electron chi connectivity index (χ1n) is 9.20. The van der Waals surface area contributed by atoms with E-state index >= 15 is 0 Å². The van der Waals surface area contributed by atoms with Crippen molar-refractivity contribution in [1.29, 1.82) is 0 Å². The SMILES string of the molecule is COc1cccc2sc(N=Nc3c(C)nn(-c4cc(S(=O)(=O)O)ccc4S(=O)(=O)O)c3N)nc12. The Hall–Kier alpha value is -3.44. The zero-order chi connectivity index (χ0) is 24.8.